The maximum absolute atomic E-state index is 13.2. The Hall–Kier alpha value is -2.25. The molecule has 5 nitrogen and oxygen atoms in total. The first-order chi connectivity index (χ1) is 11.5. The summed E-state index contributed by atoms with van der Waals surface area (Å²) < 4.78 is 40.2. The predicted molar refractivity (Wildman–Crippen MR) is 87.0 cm³/mol. The molecule has 2 aromatic carbocycles. The first-order valence-electron chi connectivity index (χ1n) is 7.56. The van der Waals surface area contributed by atoms with Gasteiger partial charge in [0.05, 0.1) is 4.90 Å². The van der Waals surface area contributed by atoms with Crippen molar-refractivity contribution in [3.05, 3.63) is 66.0 Å². The van der Waals surface area contributed by atoms with Crippen LogP contribution in [0.2, 0.25) is 0 Å². The number of nitrogens with one attached hydrogen (secondary N) is 1. The maximum Gasteiger partial charge on any atom is 0.241 e. The average Bonchev–Trinajstić information content (AvgIpc) is 2.89. The molecule has 0 radical (unpaired) electrons. The van der Waals surface area contributed by atoms with Crippen molar-refractivity contribution in [2.45, 2.75) is 23.9 Å². The van der Waals surface area contributed by atoms with Crippen molar-refractivity contribution in [3.63, 3.8) is 0 Å². The Labute approximate surface area is 140 Å². The third-order valence-electron chi connectivity index (χ3n) is 3.92. The smallest absolute Gasteiger partial charge is 0.241 e. The minimum absolute atomic E-state index is 0.184. The van der Waals surface area contributed by atoms with Gasteiger partial charge in [-0.15, -0.1) is 0 Å². The van der Waals surface area contributed by atoms with Crippen LogP contribution in [-0.4, -0.2) is 31.8 Å². The number of amides is 1. The summed E-state index contributed by atoms with van der Waals surface area (Å²) in [6, 6.07) is 13.4. The molecule has 1 aliphatic heterocycles. The van der Waals surface area contributed by atoms with Gasteiger partial charge >= 0.3 is 0 Å². The first-order valence-corrected chi connectivity index (χ1v) is 9.05. The van der Waals surface area contributed by atoms with Gasteiger partial charge in [0.2, 0.25) is 15.9 Å². The van der Waals surface area contributed by atoms with Crippen molar-refractivity contribution < 1.29 is 17.6 Å². The fourth-order valence-electron chi connectivity index (χ4n) is 2.70. The molecule has 24 heavy (non-hydrogen) atoms. The molecule has 1 amide bonds. The van der Waals surface area contributed by atoms with E-state index in [0.717, 1.165) is 11.6 Å². The molecule has 0 aromatic heterocycles. The fraction of sp³-hybridized carbons (Fsp3) is 0.235. The zero-order valence-corrected chi connectivity index (χ0v) is 13.7. The highest BCUT2D eigenvalue weighted by Crippen LogP contribution is 2.18. The zero-order chi connectivity index (χ0) is 17.2. The van der Waals surface area contributed by atoms with E-state index in [-0.39, 0.29) is 10.8 Å². The molecule has 0 spiro atoms. The van der Waals surface area contributed by atoms with Crippen molar-refractivity contribution >= 4 is 15.9 Å². The molecule has 1 N–H and O–H groups in total. The van der Waals surface area contributed by atoms with Gasteiger partial charge in [-0.2, -0.15) is 4.72 Å². The van der Waals surface area contributed by atoms with Gasteiger partial charge in [-0.3, -0.25) is 4.79 Å². The molecule has 2 aromatic rings. The van der Waals surface area contributed by atoms with Crippen LogP contribution < -0.4 is 4.72 Å². The molecular formula is C17H17FN2O3S. The number of carbonyl (C=O) groups is 1. The second kappa shape index (κ2) is 6.70. The Morgan fingerprint density at radius 1 is 1.12 bits per heavy atom. The van der Waals surface area contributed by atoms with Crippen LogP contribution >= 0.6 is 0 Å². The van der Waals surface area contributed by atoms with Gasteiger partial charge in [-0.25, -0.2) is 12.8 Å². The Bertz CT molecular complexity index is 840. The summed E-state index contributed by atoms with van der Waals surface area (Å²) in [6.45, 7) is 0.919. The third-order valence-corrected chi connectivity index (χ3v) is 5.39. The van der Waals surface area contributed by atoms with E-state index < -0.39 is 21.9 Å². The first kappa shape index (κ1) is 16.6. The van der Waals surface area contributed by atoms with Crippen molar-refractivity contribution in [2.24, 2.45) is 0 Å². The summed E-state index contributed by atoms with van der Waals surface area (Å²) in [5, 5.41) is 0. The third kappa shape index (κ3) is 3.63. The van der Waals surface area contributed by atoms with Crippen molar-refractivity contribution in [1.29, 1.82) is 0 Å². The van der Waals surface area contributed by atoms with Crippen LogP contribution in [0.5, 0.6) is 0 Å². The van der Waals surface area contributed by atoms with Crippen LogP contribution in [0.4, 0.5) is 4.39 Å². The number of carbonyl (C=O) groups excluding carboxylic acids is 1. The molecule has 1 aliphatic rings. The van der Waals surface area contributed by atoms with Crippen LogP contribution in [0.25, 0.3) is 0 Å². The summed E-state index contributed by atoms with van der Waals surface area (Å²) in [5.41, 5.74) is 0.986. The lowest BCUT2D eigenvalue weighted by Crippen LogP contribution is -2.41. The van der Waals surface area contributed by atoms with E-state index in [9.17, 15) is 17.6 Å². The average molecular weight is 348 g/mol. The van der Waals surface area contributed by atoms with Crippen LogP contribution in [0.1, 0.15) is 12.0 Å². The standard InChI is InChI=1S/C17H17FN2O3S/c18-14-7-4-8-15(11-14)24(22,23)19-16-9-10-20(17(16)21)12-13-5-2-1-3-6-13/h1-8,11,16,19H,9-10,12H2/t16-/m1/s1. The number of nitrogens with zero attached hydrogens (tertiary/aromatic N) is 1. The van der Waals surface area contributed by atoms with E-state index in [1.54, 1.807) is 4.90 Å². The second-order valence-electron chi connectivity index (χ2n) is 5.67. The molecular weight excluding hydrogens is 331 g/mol. The highest BCUT2D eigenvalue weighted by molar-refractivity contribution is 7.89. The fourth-order valence-corrected chi connectivity index (χ4v) is 3.95. The number of benzene rings is 2. The lowest BCUT2D eigenvalue weighted by atomic mass is 10.2. The summed E-state index contributed by atoms with van der Waals surface area (Å²) in [7, 11) is -3.93. The number of rotatable bonds is 5. The van der Waals surface area contributed by atoms with Crippen LogP contribution in [-0.2, 0) is 21.4 Å². The largest absolute Gasteiger partial charge is 0.337 e. The van der Waals surface area contributed by atoms with Gasteiger partial charge in [0, 0.05) is 13.1 Å². The van der Waals surface area contributed by atoms with Crippen molar-refractivity contribution in [2.75, 3.05) is 6.54 Å². The van der Waals surface area contributed by atoms with Gasteiger partial charge in [-0.1, -0.05) is 36.4 Å². The predicted octanol–water partition coefficient (Wildman–Crippen LogP) is 1.91. The number of sulfonamides is 1. The Morgan fingerprint density at radius 3 is 2.58 bits per heavy atom. The van der Waals surface area contributed by atoms with Crippen molar-refractivity contribution in [1.82, 2.24) is 9.62 Å². The molecule has 0 bridgehead atoms. The Kier molecular flexibility index (Phi) is 4.64. The Morgan fingerprint density at radius 2 is 1.88 bits per heavy atom. The molecule has 1 fully saturated rings. The molecule has 1 heterocycles. The van der Waals surface area contributed by atoms with Gasteiger partial charge in [0.15, 0.2) is 0 Å². The zero-order valence-electron chi connectivity index (χ0n) is 12.9. The minimum atomic E-state index is -3.93. The van der Waals surface area contributed by atoms with E-state index in [1.807, 2.05) is 30.3 Å². The summed E-state index contributed by atoms with van der Waals surface area (Å²) in [5.74, 6) is -0.903. The number of hydrogen-bond donors (Lipinski definition) is 1. The normalized spacial score (nSPS) is 18.1. The minimum Gasteiger partial charge on any atom is -0.337 e. The van der Waals surface area contributed by atoms with Gasteiger partial charge in [-0.05, 0) is 30.2 Å². The van der Waals surface area contributed by atoms with Crippen LogP contribution in [0.15, 0.2) is 59.5 Å². The molecule has 1 atom stereocenters. The summed E-state index contributed by atoms with van der Waals surface area (Å²) in [4.78, 5) is 13.8. The Balaban J connectivity index is 1.69. The van der Waals surface area contributed by atoms with Crippen molar-refractivity contribution in [3.8, 4) is 0 Å². The highest BCUT2D eigenvalue weighted by Gasteiger charge is 2.34. The molecule has 3 rings (SSSR count). The molecule has 7 heteroatoms. The highest BCUT2D eigenvalue weighted by atomic mass is 32.2. The van der Waals surface area contributed by atoms with Crippen LogP contribution in [0.3, 0.4) is 0 Å². The van der Waals surface area contributed by atoms with E-state index in [4.69, 9.17) is 0 Å². The topological polar surface area (TPSA) is 66.5 Å². The quantitative estimate of drug-likeness (QED) is 0.897. The number of hydrogen-bond acceptors (Lipinski definition) is 3. The van der Waals surface area contributed by atoms with Gasteiger partial charge < -0.3 is 4.90 Å². The molecule has 0 saturated carbocycles. The van der Waals surface area contributed by atoms with E-state index in [1.165, 1.54) is 18.2 Å². The molecule has 0 aliphatic carbocycles. The molecule has 126 valence electrons. The molecule has 0 unspecified atom stereocenters. The number of halogens is 1. The van der Waals surface area contributed by atoms with E-state index in [0.29, 0.717) is 19.5 Å². The summed E-state index contributed by atoms with van der Waals surface area (Å²) >= 11 is 0. The lowest BCUT2D eigenvalue weighted by molar-refractivity contribution is -0.129. The van der Waals surface area contributed by atoms with Gasteiger partial charge in [0.1, 0.15) is 11.9 Å². The monoisotopic (exact) mass is 348 g/mol. The summed E-state index contributed by atoms with van der Waals surface area (Å²) in [6.07, 6.45) is 0.389. The van der Waals surface area contributed by atoms with Gasteiger partial charge in [0.25, 0.3) is 0 Å². The lowest BCUT2D eigenvalue weighted by Gasteiger charge is -2.17. The van der Waals surface area contributed by atoms with Crippen LogP contribution in [0, 0.1) is 5.82 Å². The number of likely N-dealkylation sites (tertiary alicyclic amines) is 1. The van der Waals surface area contributed by atoms with E-state index >= 15 is 0 Å². The molecule has 1 saturated heterocycles. The second-order valence-corrected chi connectivity index (χ2v) is 7.38. The SMILES string of the molecule is O=C1[C@H](NS(=O)(=O)c2cccc(F)c2)CCN1Cc1ccccc1. The maximum atomic E-state index is 13.2. The van der Waals surface area contributed by atoms with E-state index in [2.05, 4.69) is 4.72 Å².